The van der Waals surface area contributed by atoms with Crippen LogP contribution in [0.25, 0.3) is 0 Å². The van der Waals surface area contributed by atoms with Crippen LogP contribution in [0.1, 0.15) is 28.8 Å². The number of benzene rings is 2. The van der Waals surface area contributed by atoms with Gasteiger partial charge in [-0.3, -0.25) is 4.79 Å². The van der Waals surface area contributed by atoms with Gasteiger partial charge in [-0.25, -0.2) is 8.42 Å². The van der Waals surface area contributed by atoms with Gasteiger partial charge in [0.25, 0.3) is 5.91 Å². The van der Waals surface area contributed by atoms with Gasteiger partial charge in [0.1, 0.15) is 5.75 Å². The Kier molecular flexibility index (Phi) is 5.71. The molecule has 0 aliphatic carbocycles. The third kappa shape index (κ3) is 4.02. The summed E-state index contributed by atoms with van der Waals surface area (Å²) in [5.74, 6) is 0.460. The Morgan fingerprint density at radius 3 is 2.37 bits per heavy atom. The molecule has 0 bridgehead atoms. The van der Waals surface area contributed by atoms with Crippen LogP contribution >= 0.6 is 0 Å². The van der Waals surface area contributed by atoms with E-state index in [0.29, 0.717) is 11.3 Å². The molecule has 2 aliphatic rings. The van der Waals surface area contributed by atoms with Gasteiger partial charge in [0.15, 0.2) is 0 Å². The van der Waals surface area contributed by atoms with E-state index in [0.717, 1.165) is 37.2 Å². The van der Waals surface area contributed by atoms with E-state index in [2.05, 4.69) is 10.2 Å². The van der Waals surface area contributed by atoms with E-state index < -0.39 is 10.0 Å². The van der Waals surface area contributed by atoms with Crippen molar-refractivity contribution in [3.63, 3.8) is 0 Å². The summed E-state index contributed by atoms with van der Waals surface area (Å²) in [5, 5.41) is 3.00. The van der Waals surface area contributed by atoms with Crippen molar-refractivity contribution in [2.24, 2.45) is 0 Å². The number of carbonyl (C=O) groups is 1. The van der Waals surface area contributed by atoms with Gasteiger partial charge in [-0.15, -0.1) is 0 Å². The molecule has 2 aromatic rings. The van der Waals surface area contributed by atoms with Crippen molar-refractivity contribution in [2.75, 3.05) is 38.2 Å². The molecule has 2 aliphatic heterocycles. The maximum atomic E-state index is 13.0. The third-order valence-electron chi connectivity index (χ3n) is 5.72. The topological polar surface area (TPSA) is 79.0 Å². The van der Waals surface area contributed by atoms with Crippen molar-refractivity contribution in [1.82, 2.24) is 9.62 Å². The number of nitrogens with one attached hydrogen (secondary N) is 1. The number of hydrogen-bond donors (Lipinski definition) is 1. The fraction of sp³-hybridized carbons (Fsp3) is 0.409. The standard InChI is InChI=1S/C22H27N3O4S/c1-16-5-10-21(24-11-3-4-12-24)20(13-16)22(26)23-17-14-25(15-17)30(27,28)19-8-6-18(29-2)7-9-19/h5-10,13,17H,3-4,11-12,14-15H2,1-2H3,(H,23,26). The Hall–Kier alpha value is -2.58. The molecule has 1 N–H and O–H groups in total. The number of sulfonamides is 1. The molecule has 1 amide bonds. The summed E-state index contributed by atoms with van der Waals surface area (Å²) in [6.45, 7) is 4.42. The summed E-state index contributed by atoms with van der Waals surface area (Å²) in [6, 6.07) is 12.1. The number of nitrogens with zero attached hydrogens (tertiary/aromatic N) is 2. The van der Waals surface area contributed by atoms with Crippen LogP contribution in [0.4, 0.5) is 5.69 Å². The van der Waals surface area contributed by atoms with Crippen molar-refractivity contribution in [1.29, 1.82) is 0 Å². The lowest BCUT2D eigenvalue weighted by atomic mass is 10.1. The van der Waals surface area contributed by atoms with E-state index >= 15 is 0 Å². The summed E-state index contributed by atoms with van der Waals surface area (Å²) >= 11 is 0. The fourth-order valence-electron chi connectivity index (χ4n) is 3.95. The Morgan fingerprint density at radius 2 is 1.73 bits per heavy atom. The van der Waals surface area contributed by atoms with Gasteiger partial charge >= 0.3 is 0 Å². The molecule has 0 aromatic heterocycles. The molecule has 8 heteroatoms. The van der Waals surface area contributed by atoms with Crippen LogP contribution in [-0.2, 0) is 10.0 Å². The van der Waals surface area contributed by atoms with Gasteiger partial charge in [-0.05, 0) is 56.2 Å². The summed E-state index contributed by atoms with van der Waals surface area (Å²) in [5.41, 5.74) is 2.64. The lowest BCUT2D eigenvalue weighted by molar-refractivity contribution is 0.0896. The quantitative estimate of drug-likeness (QED) is 0.763. The van der Waals surface area contributed by atoms with Gasteiger partial charge in [-0.2, -0.15) is 4.31 Å². The molecular weight excluding hydrogens is 402 g/mol. The van der Waals surface area contributed by atoms with Crippen molar-refractivity contribution in [3.05, 3.63) is 53.6 Å². The first kappa shape index (κ1) is 20.7. The van der Waals surface area contributed by atoms with E-state index in [1.54, 1.807) is 12.1 Å². The maximum absolute atomic E-state index is 13.0. The molecule has 160 valence electrons. The highest BCUT2D eigenvalue weighted by Crippen LogP contribution is 2.27. The largest absolute Gasteiger partial charge is 0.497 e. The predicted octanol–water partition coefficient (Wildman–Crippen LogP) is 2.41. The normalized spacial score (nSPS) is 17.6. The number of anilines is 1. The van der Waals surface area contributed by atoms with Crippen LogP contribution in [0.3, 0.4) is 0 Å². The zero-order valence-corrected chi connectivity index (χ0v) is 18.1. The Bertz CT molecular complexity index is 1020. The highest BCUT2D eigenvalue weighted by molar-refractivity contribution is 7.89. The molecule has 30 heavy (non-hydrogen) atoms. The number of methoxy groups -OCH3 is 1. The van der Waals surface area contributed by atoms with Gasteiger partial charge < -0.3 is 15.0 Å². The molecule has 0 unspecified atom stereocenters. The first-order chi connectivity index (χ1) is 14.4. The second-order valence-electron chi connectivity index (χ2n) is 7.88. The van der Waals surface area contributed by atoms with Crippen LogP contribution in [0.5, 0.6) is 5.75 Å². The van der Waals surface area contributed by atoms with Gasteiger partial charge in [0.2, 0.25) is 10.0 Å². The number of amides is 1. The Morgan fingerprint density at radius 1 is 1.07 bits per heavy atom. The second-order valence-corrected chi connectivity index (χ2v) is 9.82. The molecular formula is C22H27N3O4S. The molecule has 0 radical (unpaired) electrons. The summed E-state index contributed by atoms with van der Waals surface area (Å²) in [7, 11) is -2.03. The first-order valence-corrected chi connectivity index (χ1v) is 11.6. The SMILES string of the molecule is COc1ccc(S(=O)(=O)N2CC(NC(=O)c3cc(C)ccc3N3CCCC3)C2)cc1. The van der Waals surface area contributed by atoms with Crippen LogP contribution in [0.15, 0.2) is 47.4 Å². The average molecular weight is 430 g/mol. The molecule has 0 atom stereocenters. The lowest BCUT2D eigenvalue weighted by Crippen LogP contribution is -2.60. The maximum Gasteiger partial charge on any atom is 0.253 e. The molecule has 7 nitrogen and oxygen atoms in total. The van der Waals surface area contributed by atoms with Crippen LogP contribution in [0.2, 0.25) is 0 Å². The number of aryl methyl sites for hydroxylation is 1. The minimum Gasteiger partial charge on any atom is -0.497 e. The number of ether oxygens (including phenoxy) is 1. The minimum atomic E-state index is -3.57. The van der Waals surface area contributed by atoms with Gasteiger partial charge in [0.05, 0.1) is 23.6 Å². The molecule has 2 aromatic carbocycles. The van der Waals surface area contributed by atoms with E-state index in [-0.39, 0.29) is 29.9 Å². The molecule has 2 heterocycles. The monoisotopic (exact) mass is 429 g/mol. The van der Waals surface area contributed by atoms with E-state index in [9.17, 15) is 13.2 Å². The number of hydrogen-bond acceptors (Lipinski definition) is 5. The van der Waals surface area contributed by atoms with Crippen LogP contribution in [-0.4, -0.2) is 58.0 Å². The molecule has 2 fully saturated rings. The van der Waals surface area contributed by atoms with Crippen LogP contribution < -0.4 is 15.0 Å². The highest BCUT2D eigenvalue weighted by Gasteiger charge is 2.38. The first-order valence-electron chi connectivity index (χ1n) is 10.2. The summed E-state index contributed by atoms with van der Waals surface area (Å²) in [4.78, 5) is 15.4. The third-order valence-corrected chi connectivity index (χ3v) is 7.57. The summed E-state index contributed by atoms with van der Waals surface area (Å²) < 4.78 is 32.0. The fourth-order valence-corrected chi connectivity index (χ4v) is 5.48. The Balaban J connectivity index is 1.41. The molecule has 2 saturated heterocycles. The zero-order chi connectivity index (χ0) is 21.3. The van der Waals surface area contributed by atoms with Crippen molar-refractivity contribution in [2.45, 2.75) is 30.7 Å². The molecule has 4 rings (SSSR count). The van der Waals surface area contributed by atoms with Gasteiger partial charge in [0, 0.05) is 31.9 Å². The van der Waals surface area contributed by atoms with Crippen LogP contribution in [0, 0.1) is 6.92 Å². The van der Waals surface area contributed by atoms with Crippen molar-refractivity contribution in [3.8, 4) is 5.75 Å². The smallest absolute Gasteiger partial charge is 0.253 e. The van der Waals surface area contributed by atoms with Crippen molar-refractivity contribution < 1.29 is 17.9 Å². The lowest BCUT2D eigenvalue weighted by Gasteiger charge is -2.38. The van der Waals surface area contributed by atoms with Gasteiger partial charge in [-0.1, -0.05) is 11.6 Å². The number of rotatable bonds is 6. The second kappa shape index (κ2) is 8.28. The molecule has 0 spiro atoms. The minimum absolute atomic E-state index is 0.146. The van der Waals surface area contributed by atoms with E-state index in [1.807, 2.05) is 25.1 Å². The van der Waals surface area contributed by atoms with E-state index in [4.69, 9.17) is 4.74 Å². The zero-order valence-electron chi connectivity index (χ0n) is 17.3. The Labute approximate surface area is 177 Å². The van der Waals surface area contributed by atoms with E-state index in [1.165, 1.54) is 23.5 Å². The summed E-state index contributed by atoms with van der Waals surface area (Å²) in [6.07, 6.45) is 2.27. The number of carbonyl (C=O) groups excluding carboxylic acids is 1. The highest BCUT2D eigenvalue weighted by atomic mass is 32.2. The predicted molar refractivity (Wildman–Crippen MR) is 116 cm³/mol. The molecule has 0 saturated carbocycles. The average Bonchev–Trinajstić information content (AvgIpc) is 3.24. The van der Waals surface area contributed by atoms with Crippen molar-refractivity contribution >= 4 is 21.6 Å².